The molecule has 2 aliphatic rings. The molecule has 0 saturated carbocycles. The van der Waals surface area contributed by atoms with Gasteiger partial charge in [-0.1, -0.05) is 6.42 Å². The van der Waals surface area contributed by atoms with Gasteiger partial charge in [-0.25, -0.2) is 0 Å². The monoisotopic (exact) mass is 481 g/mol. The number of nitrogens with zero attached hydrogens (tertiary/aromatic N) is 1. The first-order valence-electron chi connectivity index (χ1n) is 10.6. The molecule has 6 nitrogen and oxygen atoms in total. The maximum absolute atomic E-state index is 13.0. The van der Waals surface area contributed by atoms with Gasteiger partial charge in [0.2, 0.25) is 11.8 Å². The molecule has 1 aromatic carbocycles. The fourth-order valence-electron chi connectivity index (χ4n) is 4.13. The minimum atomic E-state index is -5.04. The molecule has 2 aliphatic heterocycles. The highest BCUT2D eigenvalue weighted by Gasteiger charge is 2.39. The molecule has 2 amide bonds. The Morgan fingerprint density at radius 1 is 1.03 bits per heavy atom. The number of carbonyl (C=O) groups is 2. The lowest BCUT2D eigenvalue weighted by Gasteiger charge is -2.39. The van der Waals surface area contributed by atoms with Crippen molar-refractivity contribution in [1.29, 1.82) is 0 Å². The minimum Gasteiger partial charge on any atom is -0.389 e. The molecule has 33 heavy (non-hydrogen) atoms. The molecule has 2 fully saturated rings. The maximum Gasteiger partial charge on any atom is 0.416 e. The van der Waals surface area contributed by atoms with Crippen molar-refractivity contribution in [3.63, 3.8) is 0 Å². The summed E-state index contributed by atoms with van der Waals surface area (Å²) in [5.41, 5.74) is -5.28. The van der Waals surface area contributed by atoms with Crippen LogP contribution in [-0.4, -0.2) is 53.1 Å². The van der Waals surface area contributed by atoms with E-state index in [1.54, 1.807) is 4.90 Å². The van der Waals surface area contributed by atoms with Gasteiger partial charge in [-0.05, 0) is 50.4 Å². The molecule has 1 aromatic rings. The van der Waals surface area contributed by atoms with Crippen LogP contribution in [0.25, 0.3) is 0 Å². The van der Waals surface area contributed by atoms with Gasteiger partial charge in [-0.15, -0.1) is 0 Å². The van der Waals surface area contributed by atoms with Crippen LogP contribution in [0.2, 0.25) is 0 Å². The van der Waals surface area contributed by atoms with E-state index >= 15 is 0 Å². The molecule has 3 N–H and O–H groups in total. The number of piperidine rings is 2. The van der Waals surface area contributed by atoms with Gasteiger partial charge in [-0.3, -0.25) is 9.59 Å². The Morgan fingerprint density at radius 3 is 2.09 bits per heavy atom. The summed E-state index contributed by atoms with van der Waals surface area (Å²) in [6, 6.07) is 0.513. The lowest BCUT2D eigenvalue weighted by atomic mass is 9.87. The number of hydrogen-bond donors (Lipinski definition) is 3. The van der Waals surface area contributed by atoms with Crippen LogP contribution in [0.1, 0.15) is 49.7 Å². The Balaban J connectivity index is 1.62. The third-order valence-electron chi connectivity index (χ3n) is 5.98. The van der Waals surface area contributed by atoms with Crippen molar-refractivity contribution < 1.29 is 41.0 Å². The van der Waals surface area contributed by atoms with Crippen LogP contribution in [-0.2, 0) is 21.9 Å². The van der Waals surface area contributed by atoms with E-state index in [0.717, 1.165) is 25.8 Å². The van der Waals surface area contributed by atoms with Crippen LogP contribution in [0.4, 0.5) is 32.0 Å². The smallest absolute Gasteiger partial charge is 0.389 e. The van der Waals surface area contributed by atoms with Crippen molar-refractivity contribution in [3.8, 4) is 0 Å². The first-order chi connectivity index (χ1) is 15.3. The van der Waals surface area contributed by atoms with Gasteiger partial charge in [0.05, 0.1) is 29.2 Å². The summed E-state index contributed by atoms with van der Waals surface area (Å²) in [4.78, 5) is 26.5. The number of likely N-dealkylation sites (tertiary alicyclic amines) is 1. The van der Waals surface area contributed by atoms with E-state index < -0.39 is 47.1 Å². The van der Waals surface area contributed by atoms with Gasteiger partial charge in [-0.2, -0.15) is 26.3 Å². The summed E-state index contributed by atoms with van der Waals surface area (Å²) in [5.74, 6) is -0.997. The Labute approximate surface area is 186 Å². The predicted octanol–water partition coefficient (Wildman–Crippen LogP) is 3.55. The van der Waals surface area contributed by atoms with Gasteiger partial charge in [0.15, 0.2) is 0 Å². The molecule has 184 valence electrons. The van der Waals surface area contributed by atoms with Gasteiger partial charge >= 0.3 is 12.4 Å². The molecular weight excluding hydrogens is 456 g/mol. The summed E-state index contributed by atoms with van der Waals surface area (Å²) in [6.07, 6.45) is -7.81. The molecule has 0 bridgehead atoms. The third kappa shape index (κ3) is 6.59. The number of aliphatic hydroxyl groups is 1. The van der Waals surface area contributed by atoms with Crippen LogP contribution in [0.15, 0.2) is 18.2 Å². The highest BCUT2D eigenvalue weighted by Crippen LogP contribution is 2.37. The number of benzene rings is 1. The molecule has 0 aliphatic carbocycles. The number of alkyl halides is 6. The Morgan fingerprint density at radius 2 is 1.61 bits per heavy atom. The van der Waals surface area contributed by atoms with Crippen LogP contribution in [0.5, 0.6) is 0 Å². The topological polar surface area (TPSA) is 81.7 Å². The van der Waals surface area contributed by atoms with E-state index in [1.165, 1.54) is 0 Å². The second-order valence-electron chi connectivity index (χ2n) is 8.57. The lowest BCUT2D eigenvalue weighted by Crippen LogP contribution is -2.54. The second kappa shape index (κ2) is 9.49. The molecule has 12 heteroatoms. The average Bonchev–Trinajstić information content (AvgIpc) is 2.72. The highest BCUT2D eigenvalue weighted by molar-refractivity contribution is 5.91. The van der Waals surface area contributed by atoms with Gasteiger partial charge < -0.3 is 20.6 Å². The fourth-order valence-corrected chi connectivity index (χ4v) is 4.13. The molecule has 0 radical (unpaired) electrons. The van der Waals surface area contributed by atoms with Crippen molar-refractivity contribution in [1.82, 2.24) is 10.2 Å². The van der Waals surface area contributed by atoms with Crippen molar-refractivity contribution in [3.05, 3.63) is 29.3 Å². The van der Waals surface area contributed by atoms with Crippen molar-refractivity contribution in [2.45, 2.75) is 62.5 Å². The zero-order valence-electron chi connectivity index (χ0n) is 17.7. The molecule has 1 atom stereocenters. The van der Waals surface area contributed by atoms with Gasteiger partial charge in [0, 0.05) is 18.8 Å². The van der Waals surface area contributed by atoms with Crippen LogP contribution < -0.4 is 10.6 Å². The summed E-state index contributed by atoms with van der Waals surface area (Å²) in [5, 5.41) is 15.9. The Kier molecular flexibility index (Phi) is 7.27. The predicted molar refractivity (Wildman–Crippen MR) is 106 cm³/mol. The lowest BCUT2D eigenvalue weighted by molar-refractivity contribution is -0.143. The van der Waals surface area contributed by atoms with Crippen molar-refractivity contribution in [2.75, 3.05) is 25.0 Å². The molecule has 0 unspecified atom stereocenters. The first kappa shape index (κ1) is 25.3. The van der Waals surface area contributed by atoms with E-state index in [4.69, 9.17) is 0 Å². The zero-order chi connectivity index (χ0) is 24.4. The SMILES string of the molecule is O=C(CC1(O)CCN(C(=O)[C@@H]2CCCCN2)CC1)Nc1cc(C(F)(F)F)cc(C(F)(F)F)c1. The Hall–Kier alpha value is -2.34. The summed E-state index contributed by atoms with van der Waals surface area (Å²) in [7, 11) is 0. The van der Waals surface area contributed by atoms with E-state index in [9.17, 15) is 41.0 Å². The van der Waals surface area contributed by atoms with Crippen LogP contribution >= 0.6 is 0 Å². The highest BCUT2D eigenvalue weighted by atomic mass is 19.4. The minimum absolute atomic E-state index is 0.0307. The number of rotatable bonds is 4. The summed E-state index contributed by atoms with van der Waals surface area (Å²) in [6.45, 7) is 1.14. The van der Waals surface area contributed by atoms with Crippen LogP contribution in [0.3, 0.4) is 0 Å². The van der Waals surface area contributed by atoms with Gasteiger partial charge in [0.1, 0.15) is 0 Å². The number of amides is 2. The molecular formula is C21H25F6N3O3. The molecule has 0 spiro atoms. The quantitative estimate of drug-likeness (QED) is 0.575. The largest absolute Gasteiger partial charge is 0.416 e. The van der Waals surface area contributed by atoms with Crippen molar-refractivity contribution in [2.24, 2.45) is 0 Å². The molecule has 3 rings (SSSR count). The maximum atomic E-state index is 13.0. The van der Waals surface area contributed by atoms with E-state index in [1.807, 2.05) is 5.32 Å². The Bertz CT molecular complexity index is 841. The summed E-state index contributed by atoms with van der Waals surface area (Å²) < 4.78 is 77.9. The van der Waals surface area contributed by atoms with E-state index in [2.05, 4.69) is 5.32 Å². The van der Waals surface area contributed by atoms with Crippen LogP contribution in [0, 0.1) is 0 Å². The molecule has 2 heterocycles. The zero-order valence-corrected chi connectivity index (χ0v) is 17.7. The number of carbonyl (C=O) groups excluding carboxylic acids is 2. The number of nitrogens with one attached hydrogen (secondary N) is 2. The van der Waals surface area contributed by atoms with E-state index in [0.29, 0.717) is 12.1 Å². The number of halogens is 6. The fraction of sp³-hybridized carbons (Fsp3) is 0.619. The second-order valence-corrected chi connectivity index (χ2v) is 8.57. The van der Waals surface area contributed by atoms with E-state index in [-0.39, 0.29) is 43.9 Å². The first-order valence-corrected chi connectivity index (χ1v) is 10.6. The normalized spacial score (nSPS) is 21.5. The molecule has 0 aromatic heterocycles. The average molecular weight is 481 g/mol. The van der Waals surface area contributed by atoms with Crippen molar-refractivity contribution >= 4 is 17.5 Å². The third-order valence-corrected chi connectivity index (χ3v) is 5.98. The van der Waals surface area contributed by atoms with Gasteiger partial charge in [0.25, 0.3) is 0 Å². The molecule has 2 saturated heterocycles. The number of anilines is 1. The number of hydrogen-bond acceptors (Lipinski definition) is 4. The standard InChI is InChI=1S/C21H25F6N3O3/c22-20(23,24)13-9-14(21(25,26)27)11-15(10-13)29-17(31)12-19(33)4-7-30(8-5-19)18(32)16-3-1-2-6-28-16/h9-11,16,28,33H,1-8,12H2,(H,29,31)/t16-/m0/s1. The summed E-state index contributed by atoms with van der Waals surface area (Å²) >= 11 is 0.